The number of carboxylic acid groups (broad SMARTS) is 1. The van der Waals surface area contributed by atoms with Crippen LogP contribution in [0.3, 0.4) is 0 Å². The fourth-order valence-electron chi connectivity index (χ4n) is 0.604. The molecule has 0 bridgehead atoms. The first kappa shape index (κ1) is 18.7. The van der Waals surface area contributed by atoms with Gasteiger partial charge in [0.05, 0.1) is 25.2 Å². The average molecular weight is 250 g/mol. The third-order valence-electron chi connectivity index (χ3n) is 3.26. The molecular weight excluding hydrogens is 224 g/mol. The molecule has 17 heavy (non-hydrogen) atoms. The molecule has 0 amide bonds. The van der Waals surface area contributed by atoms with Crippen LogP contribution in [0.4, 0.5) is 0 Å². The van der Waals surface area contributed by atoms with Crippen molar-refractivity contribution in [2.75, 3.05) is 19.8 Å². The van der Waals surface area contributed by atoms with Crippen LogP contribution in [0.25, 0.3) is 0 Å². The normalized spacial score (nSPS) is 14.5. The maximum atomic E-state index is 10.3. The van der Waals surface area contributed by atoms with E-state index < -0.39 is 11.4 Å². The molecule has 104 valence electrons. The summed E-state index contributed by atoms with van der Waals surface area (Å²) in [7, 11) is 0. The molecule has 5 nitrogen and oxygen atoms in total. The van der Waals surface area contributed by atoms with E-state index in [2.05, 4.69) is 0 Å². The minimum atomic E-state index is -0.944. The molecule has 1 atom stereocenters. The Labute approximate surface area is 103 Å². The number of hydrogen-bond donors (Lipinski definition) is 4. The second-order valence-corrected chi connectivity index (χ2v) is 4.86. The number of aliphatic hydroxyl groups is 3. The van der Waals surface area contributed by atoms with Gasteiger partial charge in [-0.1, -0.05) is 20.8 Å². The number of carbonyl (C=O) groups is 1. The molecule has 0 aliphatic heterocycles. The van der Waals surface area contributed by atoms with Gasteiger partial charge in [-0.2, -0.15) is 0 Å². The maximum absolute atomic E-state index is 10.3. The average Bonchev–Trinajstić information content (AvgIpc) is 2.37. The predicted octanol–water partition coefficient (Wildman–Crippen LogP) is 0.867. The molecule has 5 heteroatoms. The highest BCUT2D eigenvalue weighted by Crippen LogP contribution is 2.19. The Kier molecular flexibility index (Phi) is 9.29. The highest BCUT2D eigenvalue weighted by Gasteiger charge is 2.29. The Balaban J connectivity index is 0. The van der Waals surface area contributed by atoms with E-state index in [1.807, 2.05) is 13.8 Å². The summed E-state index contributed by atoms with van der Waals surface area (Å²) in [4.78, 5) is 10.3. The van der Waals surface area contributed by atoms with Crippen LogP contribution in [-0.4, -0.2) is 46.2 Å². The minimum Gasteiger partial charge on any atom is -0.481 e. The van der Waals surface area contributed by atoms with E-state index in [9.17, 15) is 4.79 Å². The van der Waals surface area contributed by atoms with Crippen LogP contribution in [0.1, 0.15) is 40.5 Å². The van der Waals surface area contributed by atoms with Gasteiger partial charge in [0, 0.05) is 5.41 Å². The van der Waals surface area contributed by atoms with Crippen LogP contribution >= 0.6 is 0 Å². The largest absolute Gasteiger partial charge is 0.481 e. The fourth-order valence-corrected chi connectivity index (χ4v) is 0.604. The molecule has 0 rings (SSSR count). The van der Waals surface area contributed by atoms with Crippen molar-refractivity contribution in [1.29, 1.82) is 0 Å². The van der Waals surface area contributed by atoms with Crippen molar-refractivity contribution in [3.63, 3.8) is 0 Å². The lowest BCUT2D eigenvalue weighted by molar-refractivity contribution is -0.150. The van der Waals surface area contributed by atoms with Crippen LogP contribution in [-0.2, 0) is 4.79 Å². The van der Waals surface area contributed by atoms with Crippen LogP contribution in [0.5, 0.6) is 0 Å². The quantitative estimate of drug-likeness (QED) is 0.560. The maximum Gasteiger partial charge on any atom is 0.311 e. The standard InChI is InChI=1S/C6H12O3.C6H14O2/c1-3-6(2,4-7)5(8)9;1-3-6(2,4-7)5-8/h7H,3-4H2,1-2H3,(H,8,9);7-8H,3-5H2,1-2H3. The zero-order valence-electron chi connectivity index (χ0n) is 11.2. The number of aliphatic carboxylic acids is 1. The zero-order valence-corrected chi connectivity index (χ0v) is 11.2. The summed E-state index contributed by atoms with van der Waals surface area (Å²) < 4.78 is 0. The van der Waals surface area contributed by atoms with Crippen LogP contribution in [0.15, 0.2) is 0 Å². The first-order valence-corrected chi connectivity index (χ1v) is 5.81. The number of aliphatic hydroxyl groups excluding tert-OH is 3. The molecule has 0 fully saturated rings. The molecule has 0 aromatic rings. The van der Waals surface area contributed by atoms with E-state index in [1.54, 1.807) is 6.92 Å². The lowest BCUT2D eigenvalue weighted by Crippen LogP contribution is -2.30. The number of rotatable bonds is 6. The monoisotopic (exact) mass is 250 g/mol. The molecule has 0 aliphatic carbocycles. The molecule has 0 aromatic carbocycles. The predicted molar refractivity (Wildman–Crippen MR) is 65.7 cm³/mol. The highest BCUT2D eigenvalue weighted by molar-refractivity contribution is 5.74. The molecule has 1 unspecified atom stereocenters. The summed E-state index contributed by atoms with van der Waals surface area (Å²) in [5.74, 6) is -0.937. The van der Waals surface area contributed by atoms with Gasteiger partial charge in [0.2, 0.25) is 0 Å². The van der Waals surface area contributed by atoms with E-state index in [1.165, 1.54) is 6.92 Å². The molecule has 0 aliphatic rings. The number of hydrogen-bond acceptors (Lipinski definition) is 4. The van der Waals surface area contributed by atoms with Crippen LogP contribution in [0, 0.1) is 10.8 Å². The summed E-state index contributed by atoms with van der Waals surface area (Å²) in [5, 5.41) is 34.3. The van der Waals surface area contributed by atoms with E-state index in [-0.39, 0.29) is 25.2 Å². The van der Waals surface area contributed by atoms with Crippen molar-refractivity contribution < 1.29 is 25.2 Å². The van der Waals surface area contributed by atoms with E-state index in [0.29, 0.717) is 6.42 Å². The van der Waals surface area contributed by atoms with Crippen molar-refractivity contribution in [3.05, 3.63) is 0 Å². The molecule has 4 N–H and O–H groups in total. The lowest BCUT2D eigenvalue weighted by Gasteiger charge is -2.21. The van der Waals surface area contributed by atoms with Gasteiger partial charge in [-0.15, -0.1) is 0 Å². The summed E-state index contributed by atoms with van der Waals surface area (Å²) in [5.41, 5.74) is -1.21. The van der Waals surface area contributed by atoms with Crippen LogP contribution < -0.4 is 0 Å². The Hall–Kier alpha value is -0.650. The number of carboxylic acids is 1. The van der Waals surface area contributed by atoms with E-state index in [0.717, 1.165) is 6.42 Å². The molecule has 0 spiro atoms. The van der Waals surface area contributed by atoms with Gasteiger partial charge in [-0.25, -0.2) is 0 Å². The van der Waals surface area contributed by atoms with Gasteiger partial charge >= 0.3 is 5.97 Å². The SMILES string of the molecule is CCC(C)(CO)C(=O)O.CCC(C)(CO)CO. The molecule has 0 saturated carbocycles. The lowest BCUT2D eigenvalue weighted by atomic mass is 9.89. The first-order chi connectivity index (χ1) is 7.75. The summed E-state index contributed by atoms with van der Waals surface area (Å²) in [6.07, 6.45) is 1.28. The van der Waals surface area contributed by atoms with Gasteiger partial charge in [-0.05, 0) is 19.8 Å². The van der Waals surface area contributed by atoms with E-state index in [4.69, 9.17) is 20.4 Å². The Bertz CT molecular complexity index is 199. The second kappa shape index (κ2) is 8.44. The van der Waals surface area contributed by atoms with Crippen molar-refractivity contribution in [2.45, 2.75) is 40.5 Å². The van der Waals surface area contributed by atoms with Crippen molar-refractivity contribution in [3.8, 4) is 0 Å². The van der Waals surface area contributed by atoms with Gasteiger partial charge in [0.15, 0.2) is 0 Å². The molecule has 0 aromatic heterocycles. The summed E-state index contributed by atoms with van der Waals surface area (Å²) in [6.45, 7) is 6.91. The smallest absolute Gasteiger partial charge is 0.311 e. The summed E-state index contributed by atoms with van der Waals surface area (Å²) in [6, 6.07) is 0. The van der Waals surface area contributed by atoms with Crippen molar-refractivity contribution in [1.82, 2.24) is 0 Å². The van der Waals surface area contributed by atoms with Gasteiger partial charge < -0.3 is 20.4 Å². The third-order valence-corrected chi connectivity index (χ3v) is 3.26. The third kappa shape index (κ3) is 6.61. The molecule has 0 heterocycles. The molecular formula is C12H26O5. The topological polar surface area (TPSA) is 98.0 Å². The van der Waals surface area contributed by atoms with Crippen molar-refractivity contribution >= 4 is 5.97 Å². The Morgan fingerprint density at radius 1 is 0.941 bits per heavy atom. The summed E-state index contributed by atoms with van der Waals surface area (Å²) >= 11 is 0. The van der Waals surface area contributed by atoms with Gasteiger partial charge in [-0.3, -0.25) is 4.79 Å². The minimum absolute atomic E-state index is 0.0694. The van der Waals surface area contributed by atoms with Gasteiger partial charge in [0.1, 0.15) is 0 Å². The van der Waals surface area contributed by atoms with Gasteiger partial charge in [0.25, 0.3) is 0 Å². The first-order valence-electron chi connectivity index (χ1n) is 5.81. The van der Waals surface area contributed by atoms with Crippen molar-refractivity contribution in [2.24, 2.45) is 10.8 Å². The second-order valence-electron chi connectivity index (χ2n) is 4.86. The Morgan fingerprint density at radius 3 is 1.35 bits per heavy atom. The molecule has 0 radical (unpaired) electrons. The van der Waals surface area contributed by atoms with E-state index >= 15 is 0 Å². The molecule has 0 saturated heterocycles. The highest BCUT2D eigenvalue weighted by atomic mass is 16.4. The zero-order chi connectivity index (χ0) is 14.1. The fraction of sp³-hybridized carbons (Fsp3) is 0.917. The Morgan fingerprint density at radius 2 is 1.35 bits per heavy atom. The van der Waals surface area contributed by atoms with Crippen LogP contribution in [0.2, 0.25) is 0 Å².